The van der Waals surface area contributed by atoms with Gasteiger partial charge in [0.05, 0.1) is 11.4 Å². The maximum absolute atomic E-state index is 6.77. The molecule has 0 saturated heterocycles. The van der Waals surface area contributed by atoms with Gasteiger partial charge in [-0.1, -0.05) is 188 Å². The van der Waals surface area contributed by atoms with Crippen LogP contribution in [0.25, 0.3) is 106 Å². The van der Waals surface area contributed by atoms with Crippen LogP contribution in [0.15, 0.2) is 227 Å². The molecular formula is C66H46N2O2. The van der Waals surface area contributed by atoms with Gasteiger partial charge in [0, 0.05) is 49.7 Å². The first-order valence-corrected chi connectivity index (χ1v) is 23.9. The summed E-state index contributed by atoms with van der Waals surface area (Å²) < 4.78 is 13.3. The molecule has 0 amide bonds. The smallest absolute Gasteiger partial charge is 0.159 e. The Labute approximate surface area is 405 Å². The Morgan fingerprint density at radius 1 is 0.429 bits per heavy atom. The number of para-hydroxylation sites is 3. The molecular weight excluding hydrogens is 853 g/mol. The number of benzene rings is 11. The SMILES string of the molecule is Cc1cc(-c2ccccc2)ccc1\C=C/C=c1\c(=C\Nc2ccc3ccc4c(N(c5ccc(-c6ccccc6)cc5C)c5cccc6c5oc5ccccc56)ccc5ccc2c3c54)oc2ccccc12. The van der Waals surface area contributed by atoms with Gasteiger partial charge < -0.3 is 19.1 Å². The van der Waals surface area contributed by atoms with E-state index in [-0.39, 0.29) is 0 Å². The normalized spacial score (nSPS) is 12.5. The van der Waals surface area contributed by atoms with Crippen molar-refractivity contribution in [2.45, 2.75) is 13.8 Å². The van der Waals surface area contributed by atoms with E-state index in [1.54, 1.807) is 0 Å². The van der Waals surface area contributed by atoms with Crippen molar-refractivity contribution >= 4 is 106 Å². The fourth-order valence-electron chi connectivity index (χ4n) is 10.5. The van der Waals surface area contributed by atoms with Gasteiger partial charge in [0.2, 0.25) is 0 Å². The van der Waals surface area contributed by atoms with Crippen LogP contribution in [-0.2, 0) is 0 Å². The molecule has 0 aliphatic rings. The predicted molar refractivity (Wildman–Crippen MR) is 296 cm³/mol. The number of allylic oxidation sites excluding steroid dienone is 1. The summed E-state index contributed by atoms with van der Waals surface area (Å²) in [5.41, 5.74) is 15.8. The van der Waals surface area contributed by atoms with Crippen molar-refractivity contribution in [1.29, 1.82) is 0 Å². The Hall–Kier alpha value is -9.12. The Balaban J connectivity index is 0.934. The van der Waals surface area contributed by atoms with E-state index in [0.717, 1.165) is 82.6 Å². The summed E-state index contributed by atoms with van der Waals surface area (Å²) in [6, 6.07) is 75.7. The largest absolute Gasteiger partial charge is 0.455 e. The molecule has 0 spiro atoms. The average molecular weight is 899 g/mol. The number of rotatable bonds is 9. The van der Waals surface area contributed by atoms with Gasteiger partial charge in [0.15, 0.2) is 11.0 Å². The number of aryl methyl sites for hydroxylation is 2. The van der Waals surface area contributed by atoms with Crippen molar-refractivity contribution in [3.63, 3.8) is 0 Å². The predicted octanol–water partition coefficient (Wildman–Crippen LogP) is 17.0. The zero-order chi connectivity index (χ0) is 46.7. The Morgan fingerprint density at radius 2 is 1.03 bits per heavy atom. The van der Waals surface area contributed by atoms with Crippen LogP contribution in [0.4, 0.5) is 22.7 Å². The Morgan fingerprint density at radius 3 is 1.77 bits per heavy atom. The number of anilines is 4. The first kappa shape index (κ1) is 41.1. The van der Waals surface area contributed by atoms with Crippen molar-refractivity contribution in [2.75, 3.05) is 10.2 Å². The minimum absolute atomic E-state index is 0.763. The molecule has 11 aromatic carbocycles. The van der Waals surface area contributed by atoms with Crippen molar-refractivity contribution in [3.8, 4) is 22.3 Å². The van der Waals surface area contributed by atoms with E-state index in [4.69, 9.17) is 8.83 Å². The minimum atomic E-state index is 0.763. The number of furan rings is 2. The number of hydrogen-bond donors (Lipinski definition) is 1. The molecule has 0 aliphatic carbocycles. The highest BCUT2D eigenvalue weighted by atomic mass is 16.3. The highest BCUT2D eigenvalue weighted by Crippen LogP contribution is 2.48. The molecule has 0 aliphatic heterocycles. The maximum atomic E-state index is 6.77. The third-order valence-corrected chi connectivity index (χ3v) is 14.0. The lowest BCUT2D eigenvalue weighted by Crippen LogP contribution is -2.21. The van der Waals surface area contributed by atoms with Crippen molar-refractivity contribution in [3.05, 3.63) is 246 Å². The van der Waals surface area contributed by atoms with Crippen LogP contribution in [-0.4, -0.2) is 0 Å². The molecule has 13 rings (SSSR count). The first-order chi connectivity index (χ1) is 34.5. The van der Waals surface area contributed by atoms with Gasteiger partial charge in [-0.3, -0.25) is 0 Å². The number of nitrogens with one attached hydrogen (secondary N) is 1. The van der Waals surface area contributed by atoms with Gasteiger partial charge in [-0.25, -0.2) is 0 Å². The highest BCUT2D eigenvalue weighted by molar-refractivity contribution is 6.28. The van der Waals surface area contributed by atoms with E-state index in [1.165, 1.54) is 54.9 Å². The highest BCUT2D eigenvalue weighted by Gasteiger charge is 2.24. The fraction of sp³-hybridized carbons (Fsp3) is 0.0303. The Kier molecular flexibility index (Phi) is 9.91. The zero-order valence-corrected chi connectivity index (χ0v) is 38.8. The standard InChI is InChI=1S/C66H46N2O2/c1-42-39-49(45-15-5-3-6-16-45)28-27-44(42)19-13-22-52-51-20-9-11-25-61(51)69-63(52)41-67-57-36-31-47-30-35-56-59(38-32-48-29-34-55(57)64(47)65(48)56)68(58-37-33-50(40-43(58)2)46-17-7-4-8-18-46)60-24-14-23-54-53-21-10-12-26-62(53)70-66(54)60/h3-41,67H,1-2H3/b19-13-,52-22-,63-41-. The van der Waals surface area contributed by atoms with Gasteiger partial charge in [-0.05, 0) is 117 Å². The van der Waals surface area contributed by atoms with E-state index in [9.17, 15) is 0 Å². The van der Waals surface area contributed by atoms with E-state index in [2.05, 4.69) is 236 Å². The topological polar surface area (TPSA) is 41.5 Å². The first-order valence-electron chi connectivity index (χ1n) is 23.9. The molecule has 0 atom stereocenters. The summed E-state index contributed by atoms with van der Waals surface area (Å²) in [6.45, 7) is 4.38. The monoisotopic (exact) mass is 898 g/mol. The minimum Gasteiger partial charge on any atom is -0.455 e. The molecule has 0 fully saturated rings. The summed E-state index contributed by atoms with van der Waals surface area (Å²) in [5, 5.41) is 15.1. The molecule has 2 heterocycles. The average Bonchev–Trinajstić information content (AvgIpc) is 3.97. The number of fused-ring (bicyclic) bond motifs is 4. The van der Waals surface area contributed by atoms with Crippen LogP contribution in [0.3, 0.4) is 0 Å². The molecule has 332 valence electrons. The van der Waals surface area contributed by atoms with Crippen molar-refractivity contribution in [2.24, 2.45) is 0 Å². The molecule has 0 saturated carbocycles. The van der Waals surface area contributed by atoms with Crippen LogP contribution in [0, 0.1) is 13.8 Å². The van der Waals surface area contributed by atoms with E-state index in [1.807, 2.05) is 24.4 Å². The van der Waals surface area contributed by atoms with Crippen molar-refractivity contribution in [1.82, 2.24) is 0 Å². The molecule has 1 N–H and O–H groups in total. The second-order valence-electron chi connectivity index (χ2n) is 18.2. The molecule has 70 heavy (non-hydrogen) atoms. The third-order valence-electron chi connectivity index (χ3n) is 14.0. The molecule has 0 unspecified atom stereocenters. The van der Waals surface area contributed by atoms with E-state index in [0.29, 0.717) is 0 Å². The van der Waals surface area contributed by atoms with Gasteiger partial charge >= 0.3 is 0 Å². The van der Waals surface area contributed by atoms with Crippen LogP contribution >= 0.6 is 0 Å². The second kappa shape index (κ2) is 16.9. The van der Waals surface area contributed by atoms with Gasteiger partial charge in [0.1, 0.15) is 11.2 Å². The maximum Gasteiger partial charge on any atom is 0.159 e. The molecule has 4 heteroatoms. The summed E-state index contributed by atoms with van der Waals surface area (Å²) in [4.78, 5) is 2.41. The lowest BCUT2D eigenvalue weighted by Gasteiger charge is -2.29. The lowest BCUT2D eigenvalue weighted by molar-refractivity contribution is 0.575. The van der Waals surface area contributed by atoms with Crippen LogP contribution in [0.2, 0.25) is 0 Å². The Bertz CT molecular complexity index is 4290. The zero-order valence-electron chi connectivity index (χ0n) is 38.8. The number of nitrogens with zero attached hydrogens (tertiary/aromatic N) is 1. The van der Waals surface area contributed by atoms with Crippen LogP contribution in [0.1, 0.15) is 16.7 Å². The molecule has 2 aromatic heterocycles. The van der Waals surface area contributed by atoms with Gasteiger partial charge in [0.25, 0.3) is 0 Å². The van der Waals surface area contributed by atoms with Crippen LogP contribution in [0.5, 0.6) is 0 Å². The van der Waals surface area contributed by atoms with Crippen molar-refractivity contribution < 1.29 is 8.83 Å². The molecule has 0 bridgehead atoms. The molecule has 13 aromatic rings. The third kappa shape index (κ3) is 7.00. The van der Waals surface area contributed by atoms with Crippen LogP contribution < -0.4 is 20.9 Å². The summed E-state index contributed by atoms with van der Waals surface area (Å²) in [7, 11) is 0. The molecule has 4 nitrogen and oxygen atoms in total. The quantitative estimate of drug-likeness (QED) is 0.147. The summed E-state index contributed by atoms with van der Waals surface area (Å²) in [6.07, 6.45) is 8.47. The molecule has 0 radical (unpaired) electrons. The second-order valence-corrected chi connectivity index (χ2v) is 18.2. The summed E-state index contributed by atoms with van der Waals surface area (Å²) >= 11 is 0. The van der Waals surface area contributed by atoms with E-state index < -0.39 is 0 Å². The summed E-state index contributed by atoms with van der Waals surface area (Å²) in [5.74, 6) is 0. The number of hydrogen-bond acceptors (Lipinski definition) is 4. The van der Waals surface area contributed by atoms with Gasteiger partial charge in [-0.15, -0.1) is 0 Å². The lowest BCUT2D eigenvalue weighted by atomic mass is 9.92. The van der Waals surface area contributed by atoms with Gasteiger partial charge in [-0.2, -0.15) is 0 Å². The fourth-order valence-corrected chi connectivity index (χ4v) is 10.5. The van der Waals surface area contributed by atoms with E-state index >= 15 is 0 Å².